The molecule has 0 saturated heterocycles. The minimum absolute atomic E-state index is 0.427. The highest BCUT2D eigenvalue weighted by Crippen LogP contribution is 2.19. The Kier molecular flexibility index (Phi) is 4.55. The number of aryl methyl sites for hydroxylation is 1. The van der Waals surface area contributed by atoms with Crippen LogP contribution >= 0.6 is 0 Å². The number of rotatable bonds is 5. The number of benzene rings is 1. The van der Waals surface area contributed by atoms with Gasteiger partial charge >= 0.3 is 0 Å². The van der Waals surface area contributed by atoms with E-state index < -0.39 is 0 Å². The van der Waals surface area contributed by atoms with Gasteiger partial charge in [-0.2, -0.15) is 5.10 Å². The van der Waals surface area contributed by atoms with Crippen LogP contribution in [0.3, 0.4) is 0 Å². The molecule has 0 spiro atoms. The van der Waals surface area contributed by atoms with Crippen LogP contribution in [0.5, 0.6) is 0 Å². The van der Waals surface area contributed by atoms with Crippen molar-refractivity contribution in [1.29, 1.82) is 0 Å². The standard InChI is InChI=1S/C15H19N5/c1-3-7-17-15(16)18-9-12-5-4-6-13(8-12)14-10-19-20(2)11-14/h3-6,8,10-11H,1,7,9H2,2H3,(H3,16,17,18). The summed E-state index contributed by atoms with van der Waals surface area (Å²) in [6, 6.07) is 8.20. The number of guanidine groups is 1. The van der Waals surface area contributed by atoms with Gasteiger partial charge in [0.05, 0.1) is 12.7 Å². The highest BCUT2D eigenvalue weighted by atomic mass is 15.2. The summed E-state index contributed by atoms with van der Waals surface area (Å²) in [4.78, 5) is 4.29. The molecule has 5 nitrogen and oxygen atoms in total. The smallest absolute Gasteiger partial charge is 0.189 e. The van der Waals surface area contributed by atoms with E-state index in [4.69, 9.17) is 5.73 Å². The Hall–Kier alpha value is -2.56. The predicted molar refractivity (Wildman–Crippen MR) is 82.2 cm³/mol. The van der Waals surface area contributed by atoms with Crippen molar-refractivity contribution in [2.45, 2.75) is 6.54 Å². The summed E-state index contributed by atoms with van der Waals surface area (Å²) < 4.78 is 1.79. The minimum atomic E-state index is 0.427. The molecule has 5 heteroatoms. The lowest BCUT2D eigenvalue weighted by atomic mass is 10.1. The molecule has 1 heterocycles. The first kappa shape index (κ1) is 13.9. The Bertz CT molecular complexity index is 612. The number of aromatic nitrogens is 2. The molecule has 0 amide bonds. The lowest BCUT2D eigenvalue weighted by molar-refractivity contribution is 0.768. The van der Waals surface area contributed by atoms with E-state index in [-0.39, 0.29) is 0 Å². The molecule has 3 N–H and O–H groups in total. The quantitative estimate of drug-likeness (QED) is 0.493. The molecule has 20 heavy (non-hydrogen) atoms. The van der Waals surface area contributed by atoms with E-state index in [9.17, 15) is 0 Å². The van der Waals surface area contributed by atoms with Gasteiger partial charge in [-0.3, -0.25) is 4.68 Å². The molecule has 0 radical (unpaired) electrons. The molecule has 0 aliphatic carbocycles. The molecular formula is C15H19N5. The van der Waals surface area contributed by atoms with Crippen LogP contribution in [0.15, 0.2) is 54.3 Å². The molecule has 2 rings (SSSR count). The zero-order valence-electron chi connectivity index (χ0n) is 11.6. The Morgan fingerprint density at radius 2 is 2.35 bits per heavy atom. The Labute approximate surface area is 118 Å². The van der Waals surface area contributed by atoms with E-state index in [0.29, 0.717) is 19.0 Å². The van der Waals surface area contributed by atoms with Gasteiger partial charge in [-0.05, 0) is 17.2 Å². The van der Waals surface area contributed by atoms with Crippen molar-refractivity contribution in [2.24, 2.45) is 17.8 Å². The number of aliphatic imine (C=N–C) groups is 1. The van der Waals surface area contributed by atoms with Crippen LogP contribution in [-0.2, 0) is 13.6 Å². The summed E-state index contributed by atoms with van der Waals surface area (Å²) in [5.74, 6) is 0.427. The van der Waals surface area contributed by atoms with Crippen LogP contribution in [0, 0.1) is 0 Å². The van der Waals surface area contributed by atoms with Crippen LogP contribution in [0.4, 0.5) is 0 Å². The van der Waals surface area contributed by atoms with Gasteiger partial charge in [-0.1, -0.05) is 24.3 Å². The third-order valence-corrected chi connectivity index (χ3v) is 2.82. The zero-order valence-corrected chi connectivity index (χ0v) is 11.6. The first-order chi connectivity index (χ1) is 9.69. The van der Waals surface area contributed by atoms with Crippen molar-refractivity contribution < 1.29 is 0 Å². The zero-order chi connectivity index (χ0) is 14.4. The van der Waals surface area contributed by atoms with E-state index in [1.165, 1.54) is 0 Å². The van der Waals surface area contributed by atoms with Gasteiger partial charge in [0, 0.05) is 25.4 Å². The predicted octanol–water partition coefficient (Wildman–Crippen LogP) is 1.68. The summed E-state index contributed by atoms with van der Waals surface area (Å²) in [5, 5.41) is 7.13. The van der Waals surface area contributed by atoms with Crippen LogP contribution in [0.1, 0.15) is 5.56 Å². The second-order valence-corrected chi connectivity index (χ2v) is 4.47. The fourth-order valence-electron chi connectivity index (χ4n) is 1.83. The van der Waals surface area contributed by atoms with Crippen LogP contribution in [-0.4, -0.2) is 22.3 Å². The molecule has 0 fully saturated rings. The Morgan fingerprint density at radius 3 is 3.05 bits per heavy atom. The highest BCUT2D eigenvalue weighted by molar-refractivity contribution is 5.78. The maximum Gasteiger partial charge on any atom is 0.189 e. The van der Waals surface area contributed by atoms with Gasteiger partial charge in [0.2, 0.25) is 0 Å². The molecule has 0 bridgehead atoms. The molecule has 1 aromatic carbocycles. The molecular weight excluding hydrogens is 250 g/mol. The third kappa shape index (κ3) is 3.71. The second kappa shape index (κ2) is 6.56. The van der Waals surface area contributed by atoms with E-state index in [2.05, 4.69) is 34.1 Å². The maximum atomic E-state index is 5.74. The monoisotopic (exact) mass is 269 g/mol. The molecule has 104 valence electrons. The fraction of sp³-hybridized carbons (Fsp3) is 0.200. The first-order valence-electron chi connectivity index (χ1n) is 6.41. The summed E-state index contributed by atoms with van der Waals surface area (Å²) in [5.41, 5.74) is 9.07. The molecule has 0 unspecified atom stereocenters. The van der Waals surface area contributed by atoms with Gasteiger partial charge in [-0.25, -0.2) is 4.99 Å². The van der Waals surface area contributed by atoms with Gasteiger partial charge in [0.15, 0.2) is 5.96 Å². The van der Waals surface area contributed by atoms with Crippen molar-refractivity contribution >= 4 is 5.96 Å². The molecule has 1 aromatic heterocycles. The van der Waals surface area contributed by atoms with Crippen molar-refractivity contribution in [2.75, 3.05) is 6.54 Å². The molecule has 0 aliphatic rings. The minimum Gasteiger partial charge on any atom is -0.370 e. The third-order valence-electron chi connectivity index (χ3n) is 2.82. The summed E-state index contributed by atoms with van der Waals surface area (Å²) in [6.07, 6.45) is 5.58. The van der Waals surface area contributed by atoms with E-state index in [1.54, 1.807) is 10.8 Å². The van der Waals surface area contributed by atoms with Crippen molar-refractivity contribution in [3.63, 3.8) is 0 Å². The van der Waals surface area contributed by atoms with Gasteiger partial charge in [0.25, 0.3) is 0 Å². The van der Waals surface area contributed by atoms with Crippen LogP contribution in [0.2, 0.25) is 0 Å². The first-order valence-corrected chi connectivity index (χ1v) is 6.41. The highest BCUT2D eigenvalue weighted by Gasteiger charge is 2.01. The molecule has 0 saturated carbocycles. The summed E-state index contributed by atoms with van der Waals surface area (Å²) in [6.45, 7) is 4.78. The maximum absolute atomic E-state index is 5.74. The number of hydrogen-bond donors (Lipinski definition) is 2. The molecule has 0 aliphatic heterocycles. The molecule has 2 aromatic rings. The van der Waals surface area contributed by atoms with Crippen molar-refractivity contribution in [3.8, 4) is 11.1 Å². The second-order valence-electron chi connectivity index (χ2n) is 4.47. The fourth-order valence-corrected chi connectivity index (χ4v) is 1.83. The van der Waals surface area contributed by atoms with Crippen LogP contribution in [0.25, 0.3) is 11.1 Å². The topological polar surface area (TPSA) is 68.2 Å². The van der Waals surface area contributed by atoms with Crippen molar-refractivity contribution in [1.82, 2.24) is 15.1 Å². The average Bonchev–Trinajstić information content (AvgIpc) is 2.90. The average molecular weight is 269 g/mol. The number of nitrogens with two attached hydrogens (primary N) is 1. The van der Waals surface area contributed by atoms with Crippen molar-refractivity contribution in [3.05, 3.63) is 54.9 Å². The van der Waals surface area contributed by atoms with Gasteiger partial charge < -0.3 is 11.1 Å². The van der Waals surface area contributed by atoms with Gasteiger partial charge in [0.1, 0.15) is 0 Å². The van der Waals surface area contributed by atoms with E-state index in [1.807, 2.05) is 31.6 Å². The Balaban J connectivity index is 2.08. The van der Waals surface area contributed by atoms with E-state index in [0.717, 1.165) is 16.7 Å². The van der Waals surface area contributed by atoms with E-state index >= 15 is 0 Å². The number of nitrogens with one attached hydrogen (secondary N) is 1. The number of nitrogens with zero attached hydrogens (tertiary/aromatic N) is 3. The normalized spacial score (nSPS) is 11.3. The summed E-state index contributed by atoms with van der Waals surface area (Å²) in [7, 11) is 1.91. The van der Waals surface area contributed by atoms with Crippen LogP contribution < -0.4 is 11.1 Å². The Morgan fingerprint density at radius 1 is 1.50 bits per heavy atom. The van der Waals surface area contributed by atoms with Gasteiger partial charge in [-0.15, -0.1) is 6.58 Å². The molecule has 0 atom stereocenters. The SMILES string of the molecule is C=CCNC(N)=NCc1cccc(-c2cnn(C)c2)c1. The lowest BCUT2D eigenvalue weighted by Crippen LogP contribution is -2.31. The number of hydrogen-bond acceptors (Lipinski definition) is 2. The lowest BCUT2D eigenvalue weighted by Gasteiger charge is -2.04. The largest absolute Gasteiger partial charge is 0.370 e. The summed E-state index contributed by atoms with van der Waals surface area (Å²) >= 11 is 0.